The molecule has 0 aliphatic carbocycles. The van der Waals surface area contributed by atoms with E-state index >= 15 is 0 Å². The van der Waals surface area contributed by atoms with Crippen molar-refractivity contribution in [3.63, 3.8) is 0 Å². The minimum atomic E-state index is -3.83. The summed E-state index contributed by atoms with van der Waals surface area (Å²) >= 11 is 10.1. The SMILES string of the molecule is Cc1sc(Br)cc1S(=O)(=O)Nc1cccc(Cl)c1F. The molecule has 1 N–H and O–H groups in total. The second-order valence-electron chi connectivity index (χ2n) is 3.68. The van der Waals surface area contributed by atoms with Gasteiger partial charge < -0.3 is 0 Å². The Kier molecular flexibility index (Phi) is 4.20. The van der Waals surface area contributed by atoms with Crippen molar-refractivity contribution in [1.29, 1.82) is 0 Å². The number of aryl methyl sites for hydroxylation is 1. The highest BCUT2D eigenvalue weighted by atomic mass is 79.9. The Morgan fingerprint density at radius 1 is 1.42 bits per heavy atom. The lowest BCUT2D eigenvalue weighted by atomic mass is 10.3. The minimum absolute atomic E-state index is 0.115. The first-order valence-corrected chi connectivity index (χ1v) is 8.51. The maximum absolute atomic E-state index is 13.7. The predicted molar refractivity (Wildman–Crippen MR) is 79.0 cm³/mol. The van der Waals surface area contributed by atoms with Crippen LogP contribution in [0.5, 0.6) is 0 Å². The largest absolute Gasteiger partial charge is 0.277 e. The van der Waals surface area contributed by atoms with Gasteiger partial charge in [-0.15, -0.1) is 11.3 Å². The van der Waals surface area contributed by atoms with Gasteiger partial charge in [-0.3, -0.25) is 4.72 Å². The van der Waals surface area contributed by atoms with Crippen LogP contribution >= 0.6 is 38.9 Å². The van der Waals surface area contributed by atoms with Crippen LogP contribution in [0.2, 0.25) is 5.02 Å². The Balaban J connectivity index is 2.42. The van der Waals surface area contributed by atoms with E-state index in [1.807, 2.05) is 0 Å². The van der Waals surface area contributed by atoms with Crippen LogP contribution in [0.1, 0.15) is 4.88 Å². The van der Waals surface area contributed by atoms with E-state index in [0.717, 1.165) is 0 Å². The fraction of sp³-hybridized carbons (Fsp3) is 0.0909. The fourth-order valence-electron chi connectivity index (χ4n) is 1.48. The second kappa shape index (κ2) is 5.40. The van der Waals surface area contributed by atoms with Gasteiger partial charge in [-0.05, 0) is 41.1 Å². The molecule has 1 heterocycles. The van der Waals surface area contributed by atoms with Crippen molar-refractivity contribution in [2.75, 3.05) is 4.72 Å². The van der Waals surface area contributed by atoms with Crippen molar-refractivity contribution in [3.05, 3.63) is 43.8 Å². The average molecular weight is 385 g/mol. The zero-order valence-electron chi connectivity index (χ0n) is 9.58. The summed E-state index contributed by atoms with van der Waals surface area (Å²) in [5.41, 5.74) is -0.172. The molecule has 2 aromatic rings. The smallest absolute Gasteiger partial charge is 0.263 e. The van der Waals surface area contributed by atoms with Crippen LogP contribution in [0.15, 0.2) is 32.9 Å². The van der Waals surface area contributed by atoms with Crippen molar-refractivity contribution in [3.8, 4) is 0 Å². The van der Waals surface area contributed by atoms with Gasteiger partial charge in [-0.25, -0.2) is 12.8 Å². The third kappa shape index (κ3) is 3.10. The first kappa shape index (κ1) is 14.8. The van der Waals surface area contributed by atoms with Gasteiger partial charge in [0.1, 0.15) is 4.90 Å². The van der Waals surface area contributed by atoms with E-state index in [2.05, 4.69) is 20.7 Å². The average Bonchev–Trinajstić information content (AvgIpc) is 2.65. The molecule has 0 saturated heterocycles. The van der Waals surface area contributed by atoms with Gasteiger partial charge in [-0.1, -0.05) is 17.7 Å². The van der Waals surface area contributed by atoms with E-state index in [9.17, 15) is 12.8 Å². The van der Waals surface area contributed by atoms with Crippen molar-refractivity contribution >= 4 is 54.6 Å². The molecule has 0 spiro atoms. The van der Waals surface area contributed by atoms with Gasteiger partial charge in [0.05, 0.1) is 14.5 Å². The summed E-state index contributed by atoms with van der Waals surface area (Å²) in [7, 11) is -3.83. The van der Waals surface area contributed by atoms with Crippen LogP contribution in [0.25, 0.3) is 0 Å². The molecule has 0 bridgehead atoms. The minimum Gasteiger partial charge on any atom is -0.277 e. The number of anilines is 1. The Morgan fingerprint density at radius 2 is 2.11 bits per heavy atom. The molecule has 0 aliphatic rings. The highest BCUT2D eigenvalue weighted by Crippen LogP contribution is 2.31. The van der Waals surface area contributed by atoms with Crippen LogP contribution in [0.4, 0.5) is 10.1 Å². The fourth-order valence-corrected chi connectivity index (χ4v) is 5.13. The topological polar surface area (TPSA) is 46.2 Å². The maximum atomic E-state index is 13.7. The summed E-state index contributed by atoms with van der Waals surface area (Å²) in [6, 6.07) is 5.61. The highest BCUT2D eigenvalue weighted by molar-refractivity contribution is 9.11. The summed E-state index contributed by atoms with van der Waals surface area (Å²) in [5, 5.41) is -0.136. The van der Waals surface area contributed by atoms with Gasteiger partial charge in [0.15, 0.2) is 5.82 Å². The molecule has 2 rings (SSSR count). The monoisotopic (exact) mass is 383 g/mol. The van der Waals surface area contributed by atoms with Crippen molar-refractivity contribution in [1.82, 2.24) is 0 Å². The van der Waals surface area contributed by atoms with Crippen molar-refractivity contribution in [2.45, 2.75) is 11.8 Å². The standard InChI is InChI=1S/C11H8BrClFNO2S2/c1-6-9(5-10(12)18-6)19(16,17)15-8-4-2-3-7(13)11(8)14/h2-5,15H,1H3. The molecule has 3 nitrogen and oxygen atoms in total. The number of benzene rings is 1. The Labute approximate surface area is 127 Å². The van der Waals surface area contributed by atoms with Gasteiger partial charge in [0.25, 0.3) is 10.0 Å². The maximum Gasteiger partial charge on any atom is 0.263 e. The van der Waals surface area contributed by atoms with Gasteiger partial charge in [-0.2, -0.15) is 0 Å². The molecule has 19 heavy (non-hydrogen) atoms. The van der Waals surface area contributed by atoms with Crippen LogP contribution in [-0.2, 0) is 10.0 Å². The summed E-state index contributed by atoms with van der Waals surface area (Å²) in [6.45, 7) is 1.68. The molecule has 0 atom stereocenters. The lowest BCUT2D eigenvalue weighted by Crippen LogP contribution is -2.14. The van der Waals surface area contributed by atoms with E-state index in [1.165, 1.54) is 35.6 Å². The molecule has 0 aliphatic heterocycles. The lowest BCUT2D eigenvalue weighted by Gasteiger charge is -2.09. The van der Waals surface area contributed by atoms with Crippen LogP contribution < -0.4 is 4.72 Å². The molecule has 0 unspecified atom stereocenters. The van der Waals surface area contributed by atoms with E-state index in [-0.39, 0.29) is 15.6 Å². The number of nitrogens with one attached hydrogen (secondary N) is 1. The number of hydrogen-bond donors (Lipinski definition) is 1. The summed E-state index contributed by atoms with van der Waals surface area (Å²) in [5.74, 6) is -0.792. The Hall–Kier alpha value is -0.630. The normalized spacial score (nSPS) is 11.6. The first-order valence-electron chi connectivity index (χ1n) is 5.04. The molecule has 0 amide bonds. The molecule has 1 aromatic heterocycles. The van der Waals surface area contributed by atoms with Crippen molar-refractivity contribution < 1.29 is 12.8 Å². The predicted octanol–water partition coefficient (Wildman–Crippen LogP) is 4.41. The zero-order valence-corrected chi connectivity index (χ0v) is 13.6. The van der Waals surface area contributed by atoms with Crippen LogP contribution in [-0.4, -0.2) is 8.42 Å². The third-order valence-electron chi connectivity index (χ3n) is 2.33. The molecule has 0 radical (unpaired) electrons. The summed E-state index contributed by atoms with van der Waals surface area (Å²) in [6.07, 6.45) is 0. The molecule has 0 saturated carbocycles. The van der Waals surface area contributed by atoms with Crippen LogP contribution in [0.3, 0.4) is 0 Å². The molecule has 0 fully saturated rings. The van der Waals surface area contributed by atoms with Gasteiger partial charge in [0, 0.05) is 4.88 Å². The van der Waals surface area contributed by atoms with Crippen molar-refractivity contribution in [2.24, 2.45) is 0 Å². The summed E-state index contributed by atoms with van der Waals surface area (Å²) in [4.78, 5) is 0.727. The molecule has 1 aromatic carbocycles. The quantitative estimate of drug-likeness (QED) is 0.852. The number of rotatable bonds is 3. The van der Waals surface area contributed by atoms with E-state index < -0.39 is 15.8 Å². The molecular weight excluding hydrogens is 377 g/mol. The number of thiophene rings is 1. The highest BCUT2D eigenvalue weighted by Gasteiger charge is 2.21. The van der Waals surface area contributed by atoms with Gasteiger partial charge in [0.2, 0.25) is 0 Å². The number of sulfonamides is 1. The number of hydrogen-bond acceptors (Lipinski definition) is 3. The number of halogens is 3. The molecule has 102 valence electrons. The molecule has 8 heteroatoms. The van der Waals surface area contributed by atoms with Gasteiger partial charge >= 0.3 is 0 Å². The van der Waals surface area contributed by atoms with Crippen LogP contribution in [0, 0.1) is 12.7 Å². The molecular formula is C11H8BrClFNO2S2. The third-order valence-corrected chi connectivity index (χ3v) is 5.79. The Bertz CT molecular complexity index is 730. The van der Waals surface area contributed by atoms with E-state index in [0.29, 0.717) is 8.66 Å². The van der Waals surface area contributed by atoms with E-state index in [1.54, 1.807) is 6.92 Å². The van der Waals surface area contributed by atoms with E-state index in [4.69, 9.17) is 11.6 Å². The second-order valence-corrected chi connectivity index (χ2v) is 8.37. The lowest BCUT2D eigenvalue weighted by molar-refractivity contribution is 0.598. The summed E-state index contributed by atoms with van der Waals surface area (Å²) < 4.78 is 40.9. The first-order chi connectivity index (χ1) is 8.81. The zero-order chi connectivity index (χ0) is 14.2. The Morgan fingerprint density at radius 3 is 2.68 bits per heavy atom.